The van der Waals surface area contributed by atoms with Crippen LogP contribution in [0.5, 0.6) is 0 Å². The average Bonchev–Trinajstić information content (AvgIpc) is 2.25. The first kappa shape index (κ1) is 13.6. The number of carboxylic acids is 1. The Balaban J connectivity index is 2.51. The first-order valence-corrected chi connectivity index (χ1v) is 5.90. The molecule has 6 heteroatoms. The van der Waals surface area contributed by atoms with Gasteiger partial charge in [0.25, 0.3) is 5.91 Å². The fourth-order valence-corrected chi connectivity index (χ4v) is 1.71. The highest BCUT2D eigenvalue weighted by atomic mass is 79.9. The summed E-state index contributed by atoms with van der Waals surface area (Å²) in [5.74, 6) is -1.29. The van der Waals surface area contributed by atoms with Gasteiger partial charge in [-0.25, -0.2) is 4.98 Å². The molecule has 1 aromatic rings. The predicted octanol–water partition coefficient (Wildman–Crippen LogP) is 1.68. The number of amides is 1. The molecular formula is C11H13BrN2O3. The third kappa shape index (κ3) is 4.52. The van der Waals surface area contributed by atoms with Gasteiger partial charge in [-0.05, 0) is 34.0 Å². The minimum absolute atomic E-state index is 0.0314. The zero-order chi connectivity index (χ0) is 12.8. The van der Waals surface area contributed by atoms with E-state index in [4.69, 9.17) is 5.11 Å². The highest BCUT2D eigenvalue weighted by molar-refractivity contribution is 9.10. The van der Waals surface area contributed by atoms with E-state index < -0.39 is 5.97 Å². The van der Waals surface area contributed by atoms with Crippen LogP contribution in [0.4, 0.5) is 0 Å². The Bertz CT molecular complexity index is 423. The largest absolute Gasteiger partial charge is 0.481 e. The summed E-state index contributed by atoms with van der Waals surface area (Å²) in [6.07, 6.45) is 1.56. The van der Waals surface area contributed by atoms with Crippen LogP contribution in [0, 0.1) is 5.92 Å². The normalized spacial score (nSPS) is 11.9. The lowest BCUT2D eigenvalue weighted by Crippen LogP contribution is -2.30. The van der Waals surface area contributed by atoms with E-state index >= 15 is 0 Å². The highest BCUT2D eigenvalue weighted by Gasteiger charge is 2.13. The van der Waals surface area contributed by atoms with Crippen molar-refractivity contribution in [1.29, 1.82) is 0 Å². The standard InChI is InChI=1S/C11H13BrN2O3/c1-7(5-9(15)16)6-14-11(17)10-8(12)3-2-4-13-10/h2-4,7H,5-6H2,1H3,(H,14,17)(H,15,16). The number of carbonyl (C=O) groups excluding carboxylic acids is 1. The van der Waals surface area contributed by atoms with Gasteiger partial charge in [0.05, 0.1) is 0 Å². The highest BCUT2D eigenvalue weighted by Crippen LogP contribution is 2.13. The number of hydrogen-bond donors (Lipinski definition) is 2. The van der Waals surface area contributed by atoms with Crippen LogP contribution in [0.1, 0.15) is 23.8 Å². The summed E-state index contributed by atoms with van der Waals surface area (Å²) in [5, 5.41) is 11.2. The van der Waals surface area contributed by atoms with Crippen molar-refractivity contribution >= 4 is 27.8 Å². The van der Waals surface area contributed by atoms with Crippen LogP contribution in [0.2, 0.25) is 0 Å². The van der Waals surface area contributed by atoms with Gasteiger partial charge in [0.2, 0.25) is 0 Å². The Labute approximate surface area is 107 Å². The van der Waals surface area contributed by atoms with Crippen LogP contribution in [-0.4, -0.2) is 28.5 Å². The third-order valence-electron chi connectivity index (χ3n) is 2.11. The average molecular weight is 301 g/mol. The summed E-state index contributed by atoms with van der Waals surface area (Å²) in [6, 6.07) is 3.44. The van der Waals surface area contributed by atoms with Crippen LogP contribution in [0.3, 0.4) is 0 Å². The second-order valence-corrected chi connectivity index (χ2v) is 4.60. The number of nitrogens with one attached hydrogen (secondary N) is 1. The molecule has 1 atom stereocenters. The van der Waals surface area contributed by atoms with Gasteiger partial charge in [0, 0.05) is 23.6 Å². The molecule has 1 aromatic heterocycles. The summed E-state index contributed by atoms with van der Waals surface area (Å²) < 4.78 is 0.614. The Morgan fingerprint density at radius 1 is 1.59 bits per heavy atom. The molecule has 2 N–H and O–H groups in total. The summed E-state index contributed by atoms with van der Waals surface area (Å²) in [4.78, 5) is 26.1. The molecule has 17 heavy (non-hydrogen) atoms. The van der Waals surface area contributed by atoms with E-state index in [1.807, 2.05) is 0 Å². The number of pyridine rings is 1. The van der Waals surface area contributed by atoms with Gasteiger partial charge in [-0.2, -0.15) is 0 Å². The van der Waals surface area contributed by atoms with Crippen molar-refractivity contribution in [3.8, 4) is 0 Å². The van der Waals surface area contributed by atoms with Crippen LogP contribution in [-0.2, 0) is 4.79 Å². The molecule has 0 aliphatic heterocycles. The topological polar surface area (TPSA) is 79.3 Å². The monoisotopic (exact) mass is 300 g/mol. The predicted molar refractivity (Wildman–Crippen MR) is 65.7 cm³/mol. The molecule has 1 amide bonds. The molecule has 0 aliphatic rings. The zero-order valence-electron chi connectivity index (χ0n) is 9.31. The maximum Gasteiger partial charge on any atom is 0.303 e. The van der Waals surface area contributed by atoms with Crippen molar-refractivity contribution in [3.05, 3.63) is 28.5 Å². The lowest BCUT2D eigenvalue weighted by Gasteiger charge is -2.10. The number of aliphatic carboxylic acids is 1. The number of nitrogens with zero attached hydrogens (tertiary/aromatic N) is 1. The maximum absolute atomic E-state index is 11.7. The minimum atomic E-state index is -0.870. The number of carbonyl (C=O) groups is 2. The lowest BCUT2D eigenvalue weighted by molar-refractivity contribution is -0.137. The number of rotatable bonds is 5. The smallest absolute Gasteiger partial charge is 0.303 e. The van der Waals surface area contributed by atoms with E-state index in [9.17, 15) is 9.59 Å². The van der Waals surface area contributed by atoms with Gasteiger partial charge in [-0.1, -0.05) is 6.92 Å². The van der Waals surface area contributed by atoms with Crippen LogP contribution in [0.15, 0.2) is 22.8 Å². The van der Waals surface area contributed by atoms with Gasteiger partial charge < -0.3 is 10.4 Å². The molecule has 0 fully saturated rings. The van der Waals surface area contributed by atoms with Crippen LogP contribution in [0.25, 0.3) is 0 Å². The van der Waals surface area contributed by atoms with Gasteiger partial charge in [0.15, 0.2) is 0 Å². The molecule has 0 saturated carbocycles. The van der Waals surface area contributed by atoms with Crippen molar-refractivity contribution in [2.24, 2.45) is 5.92 Å². The van der Waals surface area contributed by atoms with Gasteiger partial charge >= 0.3 is 5.97 Å². The van der Waals surface area contributed by atoms with E-state index in [0.29, 0.717) is 16.7 Å². The zero-order valence-corrected chi connectivity index (χ0v) is 10.9. The van der Waals surface area contributed by atoms with Crippen molar-refractivity contribution in [1.82, 2.24) is 10.3 Å². The second-order valence-electron chi connectivity index (χ2n) is 3.75. The van der Waals surface area contributed by atoms with Crippen LogP contribution >= 0.6 is 15.9 Å². The van der Waals surface area contributed by atoms with E-state index in [-0.39, 0.29) is 18.2 Å². The quantitative estimate of drug-likeness (QED) is 0.867. The van der Waals surface area contributed by atoms with E-state index in [1.54, 1.807) is 19.1 Å². The van der Waals surface area contributed by atoms with E-state index in [1.165, 1.54) is 6.20 Å². The van der Waals surface area contributed by atoms with Gasteiger partial charge in [-0.15, -0.1) is 0 Å². The number of carboxylic acid groups (broad SMARTS) is 1. The van der Waals surface area contributed by atoms with Gasteiger partial charge in [0.1, 0.15) is 5.69 Å². The number of hydrogen-bond acceptors (Lipinski definition) is 3. The molecule has 0 radical (unpaired) electrons. The first-order valence-electron chi connectivity index (χ1n) is 5.11. The summed E-state index contributed by atoms with van der Waals surface area (Å²) in [5.41, 5.74) is 0.301. The van der Waals surface area contributed by atoms with E-state index in [0.717, 1.165) is 0 Å². The molecule has 0 aromatic carbocycles. The Hall–Kier alpha value is -1.43. The minimum Gasteiger partial charge on any atom is -0.481 e. The molecule has 0 bridgehead atoms. The van der Waals surface area contributed by atoms with Gasteiger partial charge in [-0.3, -0.25) is 9.59 Å². The molecule has 1 unspecified atom stereocenters. The second kappa shape index (κ2) is 6.34. The third-order valence-corrected chi connectivity index (χ3v) is 2.75. The molecule has 0 aliphatic carbocycles. The Morgan fingerprint density at radius 3 is 2.88 bits per heavy atom. The summed E-state index contributed by atoms with van der Waals surface area (Å²) in [6.45, 7) is 2.08. The Morgan fingerprint density at radius 2 is 2.29 bits per heavy atom. The molecule has 1 heterocycles. The molecule has 1 rings (SSSR count). The van der Waals surface area contributed by atoms with E-state index in [2.05, 4.69) is 26.2 Å². The van der Waals surface area contributed by atoms with Crippen LogP contribution < -0.4 is 5.32 Å². The molecule has 5 nitrogen and oxygen atoms in total. The summed E-state index contributed by atoms with van der Waals surface area (Å²) in [7, 11) is 0. The van der Waals surface area contributed by atoms with Crippen molar-refractivity contribution < 1.29 is 14.7 Å². The fourth-order valence-electron chi connectivity index (χ4n) is 1.27. The lowest BCUT2D eigenvalue weighted by atomic mass is 10.1. The maximum atomic E-state index is 11.7. The van der Waals surface area contributed by atoms with Crippen molar-refractivity contribution in [3.63, 3.8) is 0 Å². The number of halogens is 1. The molecule has 0 saturated heterocycles. The Kier molecular flexibility index (Phi) is 5.09. The molecular weight excluding hydrogens is 288 g/mol. The summed E-state index contributed by atoms with van der Waals surface area (Å²) >= 11 is 3.23. The van der Waals surface area contributed by atoms with Crippen molar-refractivity contribution in [2.45, 2.75) is 13.3 Å². The first-order chi connectivity index (χ1) is 8.00. The fraction of sp³-hybridized carbons (Fsp3) is 0.364. The molecule has 0 spiro atoms. The molecule has 92 valence electrons. The SMILES string of the molecule is CC(CNC(=O)c1ncccc1Br)CC(=O)O. The number of aromatic nitrogens is 1. The van der Waals surface area contributed by atoms with Crippen molar-refractivity contribution in [2.75, 3.05) is 6.54 Å².